The average Bonchev–Trinajstić information content (AvgIpc) is 3.15. The third kappa shape index (κ3) is 2.70. The first-order valence-electron chi connectivity index (χ1n) is 8.76. The monoisotopic (exact) mass is 377 g/mol. The van der Waals surface area contributed by atoms with Crippen molar-refractivity contribution >= 4 is 28.3 Å². The molecule has 2 aromatic carbocycles. The number of rotatable bonds is 4. The molecule has 1 N–H and O–H groups in total. The highest BCUT2D eigenvalue weighted by Crippen LogP contribution is 2.21. The first kappa shape index (κ1) is 17.7. The molecule has 0 spiro atoms. The number of anilines is 1. The number of ether oxygens (including phenoxy) is 1. The number of hydrogen-bond acceptors (Lipinski definition) is 6. The second kappa shape index (κ2) is 6.80. The van der Waals surface area contributed by atoms with Crippen molar-refractivity contribution in [3.05, 3.63) is 69.8 Å². The Morgan fingerprint density at radius 1 is 1.14 bits per heavy atom. The topological polar surface area (TPSA) is 90.5 Å². The highest BCUT2D eigenvalue weighted by molar-refractivity contribution is 5.92. The van der Waals surface area contributed by atoms with Crippen LogP contribution < -0.4 is 10.9 Å². The normalized spacial score (nSPS) is 11.1. The summed E-state index contributed by atoms with van der Waals surface area (Å²) in [7, 11) is 3.04. The molecule has 0 radical (unpaired) electrons. The minimum Gasteiger partial charge on any atom is -0.465 e. The zero-order valence-electron chi connectivity index (χ0n) is 15.8. The molecule has 142 valence electrons. The van der Waals surface area contributed by atoms with Gasteiger partial charge in [-0.25, -0.2) is 4.79 Å². The van der Waals surface area contributed by atoms with Crippen LogP contribution in [-0.2, 0) is 18.3 Å². The van der Waals surface area contributed by atoms with Crippen LogP contribution in [-0.4, -0.2) is 32.2 Å². The summed E-state index contributed by atoms with van der Waals surface area (Å²) in [6, 6.07) is 12.8. The molecule has 2 aromatic heterocycles. The lowest BCUT2D eigenvalue weighted by Gasteiger charge is -2.12. The summed E-state index contributed by atoms with van der Waals surface area (Å²) in [5, 5.41) is 12.4. The van der Waals surface area contributed by atoms with Crippen molar-refractivity contribution < 1.29 is 9.53 Å². The van der Waals surface area contributed by atoms with Crippen molar-refractivity contribution in [2.75, 3.05) is 12.4 Å². The van der Waals surface area contributed by atoms with E-state index in [0.29, 0.717) is 29.1 Å². The van der Waals surface area contributed by atoms with Crippen molar-refractivity contribution in [1.82, 2.24) is 19.2 Å². The van der Waals surface area contributed by atoms with Gasteiger partial charge < -0.3 is 10.1 Å². The fraction of sp³-hybridized carbons (Fsp3) is 0.200. The summed E-state index contributed by atoms with van der Waals surface area (Å²) in [6.45, 7) is 2.23. The number of benzene rings is 2. The van der Waals surface area contributed by atoms with Crippen LogP contribution in [0, 0.1) is 6.92 Å². The van der Waals surface area contributed by atoms with E-state index in [4.69, 9.17) is 4.74 Å². The van der Waals surface area contributed by atoms with Crippen LogP contribution >= 0.6 is 0 Å². The molecule has 0 fully saturated rings. The van der Waals surface area contributed by atoms with Gasteiger partial charge in [-0.2, -0.15) is 0 Å². The molecule has 4 rings (SSSR count). The number of fused-ring (bicyclic) bond motifs is 3. The third-order valence-electron chi connectivity index (χ3n) is 4.87. The first-order chi connectivity index (χ1) is 13.5. The molecule has 0 unspecified atom stereocenters. The van der Waals surface area contributed by atoms with Gasteiger partial charge in [0.1, 0.15) is 0 Å². The SMILES string of the molecule is COC(=O)c1cccc(NCc2nnc3n(C)c(=O)c4ccccc4n23)c1C. The van der Waals surface area contributed by atoms with Crippen LogP contribution in [0.25, 0.3) is 16.7 Å². The largest absolute Gasteiger partial charge is 0.465 e. The van der Waals surface area contributed by atoms with E-state index >= 15 is 0 Å². The highest BCUT2D eigenvalue weighted by atomic mass is 16.5. The van der Waals surface area contributed by atoms with E-state index in [1.165, 1.54) is 11.7 Å². The summed E-state index contributed by atoms with van der Waals surface area (Å²) in [4.78, 5) is 24.4. The number of nitrogens with zero attached hydrogens (tertiary/aromatic N) is 4. The van der Waals surface area contributed by atoms with Gasteiger partial charge >= 0.3 is 5.97 Å². The van der Waals surface area contributed by atoms with Gasteiger partial charge in [-0.05, 0) is 36.8 Å². The number of para-hydroxylation sites is 1. The Kier molecular flexibility index (Phi) is 4.31. The number of aromatic nitrogens is 4. The Labute approximate surface area is 160 Å². The molecule has 2 heterocycles. The predicted molar refractivity (Wildman–Crippen MR) is 106 cm³/mol. The first-order valence-corrected chi connectivity index (χ1v) is 8.76. The molecule has 0 atom stereocenters. The van der Waals surface area contributed by atoms with Crippen molar-refractivity contribution in [2.24, 2.45) is 7.05 Å². The van der Waals surface area contributed by atoms with Crippen LogP contribution in [0.1, 0.15) is 21.7 Å². The number of carbonyl (C=O) groups is 1. The Morgan fingerprint density at radius 2 is 1.93 bits per heavy atom. The van der Waals surface area contributed by atoms with E-state index in [9.17, 15) is 9.59 Å². The molecule has 0 aliphatic rings. The maximum absolute atomic E-state index is 12.5. The number of aryl methyl sites for hydroxylation is 1. The van der Waals surface area contributed by atoms with Crippen LogP contribution in [0.5, 0.6) is 0 Å². The number of hydrogen-bond donors (Lipinski definition) is 1. The van der Waals surface area contributed by atoms with Crippen molar-refractivity contribution in [3.63, 3.8) is 0 Å². The van der Waals surface area contributed by atoms with Crippen LogP contribution in [0.2, 0.25) is 0 Å². The maximum atomic E-state index is 12.5. The molecular formula is C20H19N5O3. The second-order valence-electron chi connectivity index (χ2n) is 6.46. The molecule has 8 nitrogen and oxygen atoms in total. The Morgan fingerprint density at radius 3 is 2.71 bits per heavy atom. The number of esters is 1. The average molecular weight is 377 g/mol. The minimum atomic E-state index is -0.380. The van der Waals surface area contributed by atoms with E-state index in [0.717, 1.165) is 16.8 Å². The van der Waals surface area contributed by atoms with E-state index in [1.807, 2.05) is 35.6 Å². The summed E-state index contributed by atoms with van der Waals surface area (Å²) in [5.41, 5.74) is 2.74. The van der Waals surface area contributed by atoms with Crippen LogP contribution in [0.15, 0.2) is 47.3 Å². The Hall–Kier alpha value is -3.68. The molecule has 0 saturated carbocycles. The lowest BCUT2D eigenvalue weighted by Crippen LogP contribution is -2.20. The van der Waals surface area contributed by atoms with Gasteiger partial charge in [-0.1, -0.05) is 18.2 Å². The van der Waals surface area contributed by atoms with Crippen LogP contribution in [0.3, 0.4) is 0 Å². The minimum absolute atomic E-state index is 0.114. The summed E-state index contributed by atoms with van der Waals surface area (Å²) >= 11 is 0. The van der Waals surface area contributed by atoms with E-state index in [1.54, 1.807) is 25.2 Å². The van der Waals surface area contributed by atoms with E-state index in [2.05, 4.69) is 15.5 Å². The molecule has 0 amide bonds. The van der Waals surface area contributed by atoms with Gasteiger partial charge in [-0.3, -0.25) is 13.8 Å². The van der Waals surface area contributed by atoms with Gasteiger partial charge in [0, 0.05) is 12.7 Å². The standard InChI is InChI=1S/C20H19N5O3/c1-12-13(19(27)28-3)8-6-9-15(12)21-11-17-22-23-20-24(2)18(26)14-7-4-5-10-16(14)25(17)20/h4-10,21H,11H2,1-3H3. The molecule has 4 aromatic rings. The smallest absolute Gasteiger partial charge is 0.338 e. The lowest BCUT2D eigenvalue weighted by molar-refractivity contribution is 0.0600. The summed E-state index contributed by atoms with van der Waals surface area (Å²) in [5.74, 6) is 0.750. The summed E-state index contributed by atoms with van der Waals surface area (Å²) < 4.78 is 8.18. The number of nitrogens with one attached hydrogen (secondary N) is 1. The lowest BCUT2D eigenvalue weighted by atomic mass is 10.1. The fourth-order valence-corrected chi connectivity index (χ4v) is 3.34. The second-order valence-corrected chi connectivity index (χ2v) is 6.46. The maximum Gasteiger partial charge on any atom is 0.338 e. The predicted octanol–water partition coefficient (Wildman–Crippen LogP) is 2.29. The van der Waals surface area contributed by atoms with Crippen molar-refractivity contribution in [3.8, 4) is 0 Å². The van der Waals surface area contributed by atoms with E-state index in [-0.39, 0.29) is 11.5 Å². The molecule has 0 bridgehead atoms. The Bertz CT molecular complexity index is 1270. The molecule has 0 aliphatic carbocycles. The molecular weight excluding hydrogens is 358 g/mol. The van der Waals surface area contributed by atoms with Gasteiger partial charge in [0.15, 0.2) is 5.82 Å². The third-order valence-corrected chi connectivity index (χ3v) is 4.87. The summed E-state index contributed by atoms with van der Waals surface area (Å²) in [6.07, 6.45) is 0. The van der Waals surface area contributed by atoms with Crippen molar-refractivity contribution in [2.45, 2.75) is 13.5 Å². The van der Waals surface area contributed by atoms with E-state index < -0.39 is 0 Å². The van der Waals surface area contributed by atoms with Gasteiger partial charge in [0.05, 0.1) is 30.1 Å². The quantitative estimate of drug-likeness (QED) is 0.549. The molecule has 28 heavy (non-hydrogen) atoms. The van der Waals surface area contributed by atoms with Crippen molar-refractivity contribution in [1.29, 1.82) is 0 Å². The Balaban J connectivity index is 1.77. The fourth-order valence-electron chi connectivity index (χ4n) is 3.34. The number of methoxy groups -OCH3 is 1. The van der Waals surface area contributed by atoms with Gasteiger partial charge in [0.2, 0.25) is 5.78 Å². The van der Waals surface area contributed by atoms with Gasteiger partial charge in [-0.15, -0.1) is 10.2 Å². The molecule has 0 saturated heterocycles. The number of carbonyl (C=O) groups excluding carboxylic acids is 1. The highest BCUT2D eigenvalue weighted by Gasteiger charge is 2.15. The van der Waals surface area contributed by atoms with Crippen LogP contribution in [0.4, 0.5) is 5.69 Å². The van der Waals surface area contributed by atoms with Gasteiger partial charge in [0.25, 0.3) is 5.56 Å². The molecule has 0 aliphatic heterocycles. The molecule has 8 heteroatoms. The zero-order valence-corrected chi connectivity index (χ0v) is 15.8. The zero-order chi connectivity index (χ0) is 19.8.